The van der Waals surface area contributed by atoms with Crippen LogP contribution < -0.4 is 5.73 Å². The summed E-state index contributed by atoms with van der Waals surface area (Å²) in [5.41, 5.74) is 8.92. The number of nitrogens with zero attached hydrogens (tertiary/aromatic N) is 1. The average molecular weight is 204 g/mol. The second kappa shape index (κ2) is 4.03. The van der Waals surface area contributed by atoms with Gasteiger partial charge in [-0.15, -0.1) is 0 Å². The van der Waals surface area contributed by atoms with E-state index in [1.807, 2.05) is 6.07 Å². The Morgan fingerprint density at radius 3 is 2.80 bits per heavy atom. The van der Waals surface area contributed by atoms with Crippen LogP contribution in [0.5, 0.6) is 0 Å². The number of hydrogen-bond acceptors (Lipinski definition) is 2. The van der Waals surface area contributed by atoms with Crippen LogP contribution in [0.1, 0.15) is 23.6 Å². The molecule has 0 aromatic heterocycles. The molecule has 80 valence electrons. The number of fused-ring (bicyclic) bond motifs is 1. The van der Waals surface area contributed by atoms with Crippen LogP contribution in [-0.4, -0.2) is 17.4 Å². The van der Waals surface area contributed by atoms with Gasteiger partial charge in [-0.2, -0.15) is 0 Å². The monoisotopic (exact) mass is 204 g/mol. The molecule has 0 bridgehead atoms. The lowest BCUT2D eigenvalue weighted by Gasteiger charge is -2.09. The Morgan fingerprint density at radius 1 is 1.40 bits per heavy atom. The zero-order chi connectivity index (χ0) is 10.8. The number of carbonyl (C=O) groups is 1. The Labute approximate surface area is 89.9 Å². The quantitative estimate of drug-likeness (QED) is 0.800. The minimum Gasteiger partial charge on any atom is -0.369 e. The molecule has 1 aliphatic rings. The highest BCUT2D eigenvalue weighted by Gasteiger charge is 2.17. The van der Waals surface area contributed by atoms with Crippen LogP contribution >= 0.6 is 0 Å². The van der Waals surface area contributed by atoms with E-state index in [-0.39, 0.29) is 5.91 Å². The van der Waals surface area contributed by atoms with Crippen molar-refractivity contribution in [2.45, 2.75) is 26.4 Å². The Morgan fingerprint density at radius 2 is 2.13 bits per heavy atom. The first-order chi connectivity index (χ1) is 7.19. The van der Waals surface area contributed by atoms with Gasteiger partial charge in [0.1, 0.15) is 0 Å². The Hall–Kier alpha value is -1.35. The van der Waals surface area contributed by atoms with Gasteiger partial charge in [-0.1, -0.05) is 25.1 Å². The molecular formula is C12H16N2O. The SMILES string of the molecule is CCN1Cc2ccc(CC(N)=O)cc2C1. The topological polar surface area (TPSA) is 46.3 Å². The largest absolute Gasteiger partial charge is 0.369 e. The predicted octanol–water partition coefficient (Wildman–Crippen LogP) is 1.05. The molecule has 2 rings (SSSR count). The zero-order valence-electron chi connectivity index (χ0n) is 8.99. The standard InChI is InChI=1S/C12H16N2O/c1-2-14-7-10-4-3-9(6-12(13)15)5-11(10)8-14/h3-5H,2,6-8H2,1H3,(H2,13,15). The van der Waals surface area contributed by atoms with E-state index in [0.717, 1.165) is 25.2 Å². The van der Waals surface area contributed by atoms with Crippen LogP contribution in [0.3, 0.4) is 0 Å². The molecule has 2 N–H and O–H groups in total. The third kappa shape index (κ3) is 2.18. The Balaban J connectivity index is 2.18. The molecule has 1 aromatic rings. The number of rotatable bonds is 3. The first-order valence-electron chi connectivity index (χ1n) is 5.30. The van der Waals surface area contributed by atoms with Crippen molar-refractivity contribution >= 4 is 5.91 Å². The molecule has 3 heteroatoms. The summed E-state index contributed by atoms with van der Waals surface area (Å²) in [6, 6.07) is 6.22. The van der Waals surface area contributed by atoms with Crippen LogP contribution in [0, 0.1) is 0 Å². The van der Waals surface area contributed by atoms with Gasteiger partial charge < -0.3 is 5.73 Å². The van der Waals surface area contributed by atoms with Gasteiger partial charge in [-0.25, -0.2) is 0 Å². The highest BCUT2D eigenvalue weighted by Crippen LogP contribution is 2.23. The van der Waals surface area contributed by atoms with Crippen molar-refractivity contribution in [3.05, 3.63) is 34.9 Å². The normalized spacial score (nSPS) is 15.3. The maximum atomic E-state index is 10.8. The Bertz CT molecular complexity index is 387. The summed E-state index contributed by atoms with van der Waals surface area (Å²) < 4.78 is 0. The molecule has 0 saturated carbocycles. The molecule has 1 heterocycles. The molecule has 0 saturated heterocycles. The first kappa shape index (κ1) is 10.2. The van der Waals surface area contributed by atoms with E-state index in [1.165, 1.54) is 11.1 Å². The summed E-state index contributed by atoms with van der Waals surface area (Å²) in [6.07, 6.45) is 0.347. The van der Waals surface area contributed by atoms with Crippen molar-refractivity contribution in [3.63, 3.8) is 0 Å². The van der Waals surface area contributed by atoms with Gasteiger partial charge in [0.05, 0.1) is 6.42 Å². The van der Waals surface area contributed by atoms with Crippen LogP contribution in [0.25, 0.3) is 0 Å². The molecule has 0 radical (unpaired) electrons. The predicted molar refractivity (Wildman–Crippen MR) is 59.1 cm³/mol. The van der Waals surface area contributed by atoms with Crippen LogP contribution in [0.4, 0.5) is 0 Å². The number of carbonyl (C=O) groups excluding carboxylic acids is 1. The third-order valence-corrected chi connectivity index (χ3v) is 2.88. The lowest BCUT2D eigenvalue weighted by Crippen LogP contribution is -2.14. The van der Waals surface area contributed by atoms with Gasteiger partial charge in [-0.05, 0) is 23.2 Å². The van der Waals surface area contributed by atoms with Crippen molar-refractivity contribution in [2.24, 2.45) is 5.73 Å². The van der Waals surface area contributed by atoms with Gasteiger partial charge >= 0.3 is 0 Å². The molecular weight excluding hydrogens is 188 g/mol. The molecule has 0 aliphatic carbocycles. The van der Waals surface area contributed by atoms with Crippen molar-refractivity contribution in [1.29, 1.82) is 0 Å². The molecule has 1 aromatic carbocycles. The summed E-state index contributed by atoms with van der Waals surface area (Å²) >= 11 is 0. The Kier molecular flexibility index (Phi) is 2.73. The fourth-order valence-electron chi connectivity index (χ4n) is 2.05. The van der Waals surface area contributed by atoms with Crippen LogP contribution in [-0.2, 0) is 24.3 Å². The summed E-state index contributed by atoms with van der Waals surface area (Å²) in [5, 5.41) is 0. The van der Waals surface area contributed by atoms with Gasteiger partial charge in [0.25, 0.3) is 0 Å². The molecule has 0 unspecified atom stereocenters. The van der Waals surface area contributed by atoms with Gasteiger partial charge in [0.15, 0.2) is 0 Å². The van der Waals surface area contributed by atoms with Gasteiger partial charge in [-0.3, -0.25) is 9.69 Å². The van der Waals surface area contributed by atoms with Crippen molar-refractivity contribution in [3.8, 4) is 0 Å². The minimum absolute atomic E-state index is 0.264. The van der Waals surface area contributed by atoms with E-state index < -0.39 is 0 Å². The molecule has 0 fully saturated rings. The van der Waals surface area contributed by atoms with E-state index in [0.29, 0.717) is 6.42 Å². The summed E-state index contributed by atoms with van der Waals surface area (Å²) in [5.74, 6) is -0.264. The summed E-state index contributed by atoms with van der Waals surface area (Å²) in [6.45, 7) is 5.26. The molecule has 3 nitrogen and oxygen atoms in total. The van der Waals surface area contributed by atoms with Crippen molar-refractivity contribution in [2.75, 3.05) is 6.54 Å². The summed E-state index contributed by atoms with van der Waals surface area (Å²) in [7, 11) is 0. The maximum absolute atomic E-state index is 10.8. The zero-order valence-corrected chi connectivity index (χ0v) is 8.99. The number of amides is 1. The number of benzene rings is 1. The smallest absolute Gasteiger partial charge is 0.221 e. The van der Waals surface area contributed by atoms with Gasteiger partial charge in [0, 0.05) is 13.1 Å². The molecule has 1 amide bonds. The molecule has 1 aliphatic heterocycles. The lowest BCUT2D eigenvalue weighted by atomic mass is 10.0. The van der Waals surface area contributed by atoms with Crippen molar-refractivity contribution < 1.29 is 4.79 Å². The fraction of sp³-hybridized carbons (Fsp3) is 0.417. The average Bonchev–Trinajstić information content (AvgIpc) is 2.58. The number of hydrogen-bond donors (Lipinski definition) is 1. The van der Waals surface area contributed by atoms with Gasteiger partial charge in [0.2, 0.25) is 5.91 Å². The molecule has 0 atom stereocenters. The number of nitrogens with two attached hydrogens (primary N) is 1. The highest BCUT2D eigenvalue weighted by molar-refractivity contribution is 5.76. The van der Waals surface area contributed by atoms with E-state index in [2.05, 4.69) is 24.0 Å². The summed E-state index contributed by atoms with van der Waals surface area (Å²) in [4.78, 5) is 13.2. The molecule has 15 heavy (non-hydrogen) atoms. The van der Waals surface area contributed by atoms with Crippen molar-refractivity contribution in [1.82, 2.24) is 4.90 Å². The minimum atomic E-state index is -0.264. The highest BCUT2D eigenvalue weighted by atomic mass is 16.1. The van der Waals surface area contributed by atoms with E-state index in [9.17, 15) is 4.79 Å². The second-order valence-corrected chi connectivity index (χ2v) is 4.05. The van der Waals surface area contributed by atoms with Crippen LogP contribution in [0.15, 0.2) is 18.2 Å². The number of primary amides is 1. The maximum Gasteiger partial charge on any atom is 0.221 e. The fourth-order valence-corrected chi connectivity index (χ4v) is 2.05. The molecule has 0 spiro atoms. The van der Waals surface area contributed by atoms with E-state index in [4.69, 9.17) is 5.73 Å². The second-order valence-electron chi connectivity index (χ2n) is 4.05. The third-order valence-electron chi connectivity index (χ3n) is 2.88. The lowest BCUT2D eigenvalue weighted by molar-refractivity contribution is -0.117. The van der Waals surface area contributed by atoms with E-state index in [1.54, 1.807) is 0 Å². The first-order valence-corrected chi connectivity index (χ1v) is 5.30. The van der Waals surface area contributed by atoms with Crippen LogP contribution in [0.2, 0.25) is 0 Å². The van der Waals surface area contributed by atoms with E-state index >= 15 is 0 Å².